The maximum atomic E-state index is 5.90. The van der Waals surface area contributed by atoms with E-state index in [1.165, 1.54) is 12.8 Å². The van der Waals surface area contributed by atoms with Crippen molar-refractivity contribution in [1.82, 2.24) is 10.2 Å². The van der Waals surface area contributed by atoms with Gasteiger partial charge in [-0.1, -0.05) is 0 Å². The molecule has 0 amide bonds. The lowest BCUT2D eigenvalue weighted by Crippen LogP contribution is -2.47. The van der Waals surface area contributed by atoms with Crippen molar-refractivity contribution in [2.45, 2.75) is 38.2 Å². The smallest absolute Gasteiger partial charge is 0.193 e. The molecule has 0 unspecified atom stereocenters. The van der Waals surface area contributed by atoms with E-state index in [-0.39, 0.29) is 24.0 Å². The highest BCUT2D eigenvalue weighted by Crippen LogP contribution is 2.28. The Balaban J connectivity index is 0.00000288. The van der Waals surface area contributed by atoms with Crippen molar-refractivity contribution in [3.8, 4) is 0 Å². The maximum absolute atomic E-state index is 5.90. The third-order valence-corrected chi connectivity index (χ3v) is 4.38. The Labute approximate surface area is 163 Å². The number of hydrogen-bond acceptors (Lipinski definition) is 4. The lowest BCUT2D eigenvalue weighted by molar-refractivity contribution is 0.00984. The van der Waals surface area contributed by atoms with E-state index in [1.54, 1.807) is 7.11 Å². The molecule has 1 saturated carbocycles. The van der Waals surface area contributed by atoms with Crippen molar-refractivity contribution >= 4 is 29.9 Å². The molecule has 1 aliphatic heterocycles. The number of aliphatic imine (C=N–C) groups is 1. The standard InChI is InChI=1S/C17H33N3O3.HI/c1-18-17(19-8-13-22-14-15-4-5-15)20-9-6-16(7-10-20)23-12-3-11-21-2;/h15-16H,3-14H2,1-2H3,(H,18,19);1H. The first kappa shape index (κ1) is 21.9. The zero-order chi connectivity index (χ0) is 16.3. The quantitative estimate of drug-likeness (QED) is 0.237. The number of piperidine rings is 1. The summed E-state index contributed by atoms with van der Waals surface area (Å²) in [7, 11) is 3.58. The largest absolute Gasteiger partial charge is 0.385 e. The average molecular weight is 455 g/mol. The van der Waals surface area contributed by atoms with Gasteiger partial charge in [0.1, 0.15) is 0 Å². The number of halogens is 1. The number of guanidine groups is 1. The van der Waals surface area contributed by atoms with Crippen LogP contribution >= 0.6 is 24.0 Å². The minimum Gasteiger partial charge on any atom is -0.385 e. The van der Waals surface area contributed by atoms with E-state index in [0.29, 0.717) is 6.10 Å². The van der Waals surface area contributed by atoms with Crippen LogP contribution in [0.1, 0.15) is 32.1 Å². The molecule has 2 fully saturated rings. The lowest BCUT2D eigenvalue weighted by Gasteiger charge is -2.34. The Kier molecular flexibility index (Phi) is 12.0. The predicted octanol–water partition coefficient (Wildman–Crippen LogP) is 2.12. The van der Waals surface area contributed by atoms with Crippen LogP contribution in [-0.4, -0.2) is 77.2 Å². The molecule has 2 rings (SSSR count). The third-order valence-electron chi connectivity index (χ3n) is 4.38. The zero-order valence-electron chi connectivity index (χ0n) is 15.2. The van der Waals surface area contributed by atoms with Gasteiger partial charge in [0.05, 0.1) is 12.7 Å². The Bertz CT molecular complexity index is 346. The van der Waals surface area contributed by atoms with Crippen molar-refractivity contribution in [2.24, 2.45) is 10.9 Å². The molecule has 142 valence electrons. The lowest BCUT2D eigenvalue weighted by atomic mass is 10.1. The van der Waals surface area contributed by atoms with E-state index < -0.39 is 0 Å². The number of likely N-dealkylation sites (tertiary alicyclic amines) is 1. The van der Waals surface area contributed by atoms with Crippen molar-refractivity contribution in [3.63, 3.8) is 0 Å². The van der Waals surface area contributed by atoms with Gasteiger partial charge >= 0.3 is 0 Å². The number of hydrogen-bond donors (Lipinski definition) is 1. The Morgan fingerprint density at radius 2 is 1.88 bits per heavy atom. The number of nitrogens with zero attached hydrogens (tertiary/aromatic N) is 2. The van der Waals surface area contributed by atoms with Crippen molar-refractivity contribution in [2.75, 3.05) is 60.2 Å². The molecule has 1 N–H and O–H groups in total. The highest BCUT2D eigenvalue weighted by atomic mass is 127. The topological polar surface area (TPSA) is 55.3 Å². The van der Waals surface area contributed by atoms with E-state index in [9.17, 15) is 0 Å². The van der Waals surface area contributed by atoms with Crippen LogP contribution in [0.4, 0.5) is 0 Å². The molecule has 0 spiro atoms. The van der Waals surface area contributed by atoms with Crippen LogP contribution in [0, 0.1) is 5.92 Å². The molecule has 24 heavy (non-hydrogen) atoms. The number of methoxy groups -OCH3 is 1. The second kappa shape index (κ2) is 13.1. The van der Waals surface area contributed by atoms with Crippen LogP contribution < -0.4 is 5.32 Å². The third kappa shape index (κ3) is 8.82. The van der Waals surface area contributed by atoms with Gasteiger partial charge in [0.25, 0.3) is 0 Å². The Morgan fingerprint density at radius 1 is 1.12 bits per heavy atom. The van der Waals surface area contributed by atoms with E-state index >= 15 is 0 Å². The van der Waals surface area contributed by atoms with Gasteiger partial charge < -0.3 is 24.4 Å². The molecule has 0 aromatic carbocycles. The predicted molar refractivity (Wildman–Crippen MR) is 107 cm³/mol. The van der Waals surface area contributed by atoms with Gasteiger partial charge in [0.15, 0.2) is 5.96 Å². The number of rotatable bonds is 10. The molecule has 7 heteroatoms. The van der Waals surface area contributed by atoms with Gasteiger partial charge in [-0.2, -0.15) is 0 Å². The fraction of sp³-hybridized carbons (Fsp3) is 0.941. The van der Waals surface area contributed by atoms with Crippen LogP contribution in [-0.2, 0) is 14.2 Å². The first-order valence-electron chi connectivity index (χ1n) is 8.97. The first-order valence-corrected chi connectivity index (χ1v) is 8.97. The molecule has 0 aromatic rings. The summed E-state index contributed by atoms with van der Waals surface area (Å²) in [5.74, 6) is 1.81. The van der Waals surface area contributed by atoms with E-state index in [4.69, 9.17) is 14.2 Å². The molecular formula is C17H34IN3O3. The summed E-state index contributed by atoms with van der Waals surface area (Å²) in [6.07, 6.45) is 6.16. The summed E-state index contributed by atoms with van der Waals surface area (Å²) < 4.78 is 16.6. The summed E-state index contributed by atoms with van der Waals surface area (Å²) in [6.45, 7) is 6.07. The SMILES string of the molecule is CN=C(NCCOCC1CC1)N1CCC(OCCCOC)CC1.I. The first-order chi connectivity index (χ1) is 11.3. The molecule has 6 nitrogen and oxygen atoms in total. The van der Waals surface area contributed by atoms with E-state index in [0.717, 1.165) is 77.2 Å². The summed E-state index contributed by atoms with van der Waals surface area (Å²) in [6, 6.07) is 0. The van der Waals surface area contributed by atoms with Crippen LogP contribution in [0.25, 0.3) is 0 Å². The van der Waals surface area contributed by atoms with Crippen molar-refractivity contribution in [3.05, 3.63) is 0 Å². The second-order valence-electron chi connectivity index (χ2n) is 6.40. The number of ether oxygens (including phenoxy) is 3. The van der Waals surface area contributed by atoms with Crippen LogP contribution in [0.2, 0.25) is 0 Å². The summed E-state index contributed by atoms with van der Waals surface area (Å²) in [5.41, 5.74) is 0. The van der Waals surface area contributed by atoms with Crippen molar-refractivity contribution in [1.29, 1.82) is 0 Å². The van der Waals surface area contributed by atoms with Gasteiger partial charge in [-0.05, 0) is 38.0 Å². The highest BCUT2D eigenvalue weighted by Gasteiger charge is 2.22. The number of nitrogens with one attached hydrogen (secondary N) is 1. The van der Waals surface area contributed by atoms with Crippen LogP contribution in [0.5, 0.6) is 0 Å². The van der Waals surface area contributed by atoms with Gasteiger partial charge in [-0.15, -0.1) is 24.0 Å². The minimum absolute atomic E-state index is 0. The molecule has 2 aliphatic rings. The van der Waals surface area contributed by atoms with Gasteiger partial charge in [0, 0.05) is 53.6 Å². The fourth-order valence-electron chi connectivity index (χ4n) is 2.79. The monoisotopic (exact) mass is 455 g/mol. The fourth-order valence-corrected chi connectivity index (χ4v) is 2.79. The molecular weight excluding hydrogens is 421 g/mol. The zero-order valence-corrected chi connectivity index (χ0v) is 17.5. The molecule has 1 saturated heterocycles. The molecule has 0 bridgehead atoms. The molecule has 0 atom stereocenters. The summed E-state index contributed by atoms with van der Waals surface area (Å²) in [5, 5.41) is 3.40. The summed E-state index contributed by atoms with van der Waals surface area (Å²) >= 11 is 0. The van der Waals surface area contributed by atoms with Crippen LogP contribution in [0.15, 0.2) is 4.99 Å². The van der Waals surface area contributed by atoms with Gasteiger partial charge in [0.2, 0.25) is 0 Å². The Hall–Kier alpha value is -0.120. The summed E-state index contributed by atoms with van der Waals surface area (Å²) in [4.78, 5) is 6.70. The average Bonchev–Trinajstić information content (AvgIpc) is 3.40. The molecule has 1 heterocycles. The second-order valence-corrected chi connectivity index (χ2v) is 6.40. The maximum Gasteiger partial charge on any atom is 0.193 e. The molecule has 0 radical (unpaired) electrons. The Morgan fingerprint density at radius 3 is 2.50 bits per heavy atom. The highest BCUT2D eigenvalue weighted by molar-refractivity contribution is 14.0. The van der Waals surface area contributed by atoms with Crippen LogP contribution in [0.3, 0.4) is 0 Å². The van der Waals surface area contributed by atoms with Gasteiger partial charge in [-0.3, -0.25) is 4.99 Å². The molecule has 0 aromatic heterocycles. The van der Waals surface area contributed by atoms with Gasteiger partial charge in [-0.25, -0.2) is 0 Å². The van der Waals surface area contributed by atoms with Crippen molar-refractivity contribution < 1.29 is 14.2 Å². The minimum atomic E-state index is 0. The van der Waals surface area contributed by atoms with E-state index in [2.05, 4.69) is 15.2 Å². The van der Waals surface area contributed by atoms with E-state index in [1.807, 2.05) is 7.05 Å². The normalized spacial score (nSPS) is 19.2. The molecule has 1 aliphatic carbocycles.